The van der Waals surface area contributed by atoms with E-state index in [0.717, 1.165) is 18.3 Å². The van der Waals surface area contributed by atoms with Gasteiger partial charge in [0.05, 0.1) is 17.7 Å². The second-order valence-electron chi connectivity index (χ2n) is 5.96. The largest absolute Gasteiger partial charge is 0.488 e. The third kappa shape index (κ3) is 5.23. The number of rotatable bonds is 8. The Hall–Kier alpha value is -2.62. The van der Waals surface area contributed by atoms with Crippen LogP contribution in [0.15, 0.2) is 48.5 Å². The summed E-state index contributed by atoms with van der Waals surface area (Å²) >= 11 is 0. The summed E-state index contributed by atoms with van der Waals surface area (Å²) in [5, 5.41) is 0. The number of hydrogen-bond acceptors (Lipinski definition) is 4. The Labute approximate surface area is 142 Å². The molecule has 0 aromatic heterocycles. The van der Waals surface area contributed by atoms with Gasteiger partial charge >= 0.3 is 5.97 Å². The second-order valence-corrected chi connectivity index (χ2v) is 5.96. The van der Waals surface area contributed by atoms with Crippen LogP contribution in [0.3, 0.4) is 0 Å². The highest BCUT2D eigenvalue weighted by molar-refractivity contribution is 5.89. The van der Waals surface area contributed by atoms with Crippen LogP contribution in [0.25, 0.3) is 0 Å². The van der Waals surface area contributed by atoms with Crippen molar-refractivity contribution in [2.75, 3.05) is 6.61 Å². The standard InChI is InChI=1S/C20H22O4/c1-15(2)11-12-23-20(22)17-9-7-16(8-10-17)14-24-19-6-4-3-5-18(19)13-21/h3-10,13,15H,11-12,14H2,1-2H3. The van der Waals surface area contributed by atoms with Crippen molar-refractivity contribution >= 4 is 12.3 Å². The Morgan fingerprint density at radius 2 is 1.79 bits per heavy atom. The molecule has 0 unspecified atom stereocenters. The molecule has 0 aliphatic heterocycles. The Morgan fingerprint density at radius 1 is 1.08 bits per heavy atom. The molecule has 4 nitrogen and oxygen atoms in total. The fraction of sp³-hybridized carbons (Fsp3) is 0.300. The summed E-state index contributed by atoms with van der Waals surface area (Å²) < 4.78 is 10.9. The number of carbonyl (C=O) groups excluding carboxylic acids is 2. The SMILES string of the molecule is CC(C)CCOC(=O)c1ccc(COc2ccccc2C=O)cc1. The maximum atomic E-state index is 11.9. The lowest BCUT2D eigenvalue weighted by Gasteiger charge is -2.09. The zero-order valence-corrected chi connectivity index (χ0v) is 14.0. The van der Waals surface area contributed by atoms with E-state index in [9.17, 15) is 9.59 Å². The summed E-state index contributed by atoms with van der Waals surface area (Å²) in [5.41, 5.74) is 1.95. The summed E-state index contributed by atoms with van der Waals surface area (Å²) in [7, 11) is 0. The van der Waals surface area contributed by atoms with Crippen LogP contribution < -0.4 is 4.74 Å². The average Bonchev–Trinajstić information content (AvgIpc) is 2.60. The monoisotopic (exact) mass is 326 g/mol. The van der Waals surface area contributed by atoms with Crippen LogP contribution in [0, 0.1) is 5.92 Å². The van der Waals surface area contributed by atoms with Gasteiger partial charge in [-0.25, -0.2) is 4.79 Å². The number of aldehydes is 1. The Bertz CT molecular complexity index is 674. The Balaban J connectivity index is 1.90. The molecule has 126 valence electrons. The highest BCUT2D eigenvalue weighted by atomic mass is 16.5. The van der Waals surface area contributed by atoms with Gasteiger partial charge in [-0.15, -0.1) is 0 Å². The molecule has 0 saturated heterocycles. The van der Waals surface area contributed by atoms with Crippen LogP contribution in [-0.2, 0) is 11.3 Å². The van der Waals surface area contributed by atoms with Gasteiger partial charge in [-0.05, 0) is 42.2 Å². The quantitative estimate of drug-likeness (QED) is 0.536. The maximum Gasteiger partial charge on any atom is 0.338 e. The molecule has 0 bridgehead atoms. The van der Waals surface area contributed by atoms with E-state index in [2.05, 4.69) is 13.8 Å². The van der Waals surface area contributed by atoms with Crippen LogP contribution >= 0.6 is 0 Å². The molecule has 0 atom stereocenters. The van der Waals surface area contributed by atoms with E-state index in [4.69, 9.17) is 9.47 Å². The van der Waals surface area contributed by atoms with Gasteiger partial charge in [0.1, 0.15) is 12.4 Å². The van der Waals surface area contributed by atoms with Crippen LogP contribution in [0.2, 0.25) is 0 Å². The molecule has 4 heteroatoms. The fourth-order valence-electron chi connectivity index (χ4n) is 2.08. The van der Waals surface area contributed by atoms with Crippen LogP contribution in [-0.4, -0.2) is 18.9 Å². The number of ether oxygens (including phenoxy) is 2. The van der Waals surface area contributed by atoms with Crippen LogP contribution in [0.4, 0.5) is 0 Å². The third-order valence-electron chi connectivity index (χ3n) is 3.56. The molecule has 0 radical (unpaired) electrons. The summed E-state index contributed by atoms with van der Waals surface area (Å²) in [6, 6.07) is 14.2. The zero-order chi connectivity index (χ0) is 17.4. The molecule has 0 N–H and O–H groups in total. The highest BCUT2D eigenvalue weighted by Gasteiger charge is 2.08. The second kappa shape index (κ2) is 8.87. The van der Waals surface area contributed by atoms with Gasteiger partial charge in [-0.3, -0.25) is 4.79 Å². The number of para-hydroxylation sites is 1. The lowest BCUT2D eigenvalue weighted by molar-refractivity contribution is 0.0488. The van der Waals surface area contributed by atoms with E-state index in [1.165, 1.54) is 0 Å². The van der Waals surface area contributed by atoms with Gasteiger partial charge < -0.3 is 9.47 Å². The lowest BCUT2D eigenvalue weighted by Crippen LogP contribution is -2.08. The van der Waals surface area contributed by atoms with E-state index in [0.29, 0.717) is 36.0 Å². The molecule has 2 aromatic rings. The molecule has 0 aliphatic carbocycles. The van der Waals surface area contributed by atoms with Gasteiger partial charge in [-0.2, -0.15) is 0 Å². The predicted molar refractivity (Wildman–Crippen MR) is 92.3 cm³/mol. The van der Waals surface area contributed by atoms with E-state index in [-0.39, 0.29) is 5.97 Å². The Morgan fingerprint density at radius 3 is 2.46 bits per heavy atom. The first-order valence-electron chi connectivity index (χ1n) is 8.03. The number of hydrogen-bond donors (Lipinski definition) is 0. The van der Waals surface area contributed by atoms with Crippen LogP contribution in [0.5, 0.6) is 5.75 Å². The van der Waals surface area contributed by atoms with E-state index in [1.807, 2.05) is 18.2 Å². The van der Waals surface area contributed by atoms with E-state index in [1.54, 1.807) is 30.3 Å². The first-order chi connectivity index (χ1) is 11.6. The van der Waals surface area contributed by atoms with Crippen molar-refractivity contribution in [1.29, 1.82) is 0 Å². The van der Waals surface area contributed by atoms with Gasteiger partial charge in [-0.1, -0.05) is 38.1 Å². The molecule has 0 saturated carbocycles. The predicted octanol–water partition coefficient (Wildman–Crippen LogP) is 4.28. The fourth-order valence-corrected chi connectivity index (χ4v) is 2.08. The average molecular weight is 326 g/mol. The van der Waals surface area contributed by atoms with Crippen molar-refractivity contribution in [1.82, 2.24) is 0 Å². The first-order valence-corrected chi connectivity index (χ1v) is 8.03. The first kappa shape index (κ1) is 17.7. The minimum absolute atomic E-state index is 0.311. The molecular formula is C20H22O4. The summed E-state index contributed by atoms with van der Waals surface area (Å²) in [5.74, 6) is 0.741. The molecule has 2 aromatic carbocycles. The van der Waals surface area contributed by atoms with Crippen molar-refractivity contribution in [3.8, 4) is 5.75 Å². The zero-order valence-electron chi connectivity index (χ0n) is 14.0. The van der Waals surface area contributed by atoms with E-state index >= 15 is 0 Å². The number of carbonyl (C=O) groups is 2. The molecule has 24 heavy (non-hydrogen) atoms. The highest BCUT2D eigenvalue weighted by Crippen LogP contribution is 2.17. The van der Waals surface area contributed by atoms with Crippen molar-refractivity contribution in [2.45, 2.75) is 26.9 Å². The molecule has 0 fully saturated rings. The van der Waals surface area contributed by atoms with Gasteiger partial charge in [0, 0.05) is 0 Å². The van der Waals surface area contributed by atoms with E-state index < -0.39 is 0 Å². The maximum absolute atomic E-state index is 11.9. The minimum Gasteiger partial charge on any atom is -0.488 e. The van der Waals surface area contributed by atoms with Gasteiger partial charge in [0.25, 0.3) is 0 Å². The minimum atomic E-state index is -0.311. The summed E-state index contributed by atoms with van der Waals surface area (Å²) in [6.07, 6.45) is 1.62. The number of esters is 1. The van der Waals surface area contributed by atoms with Crippen molar-refractivity contribution < 1.29 is 19.1 Å². The summed E-state index contributed by atoms with van der Waals surface area (Å²) in [4.78, 5) is 22.9. The normalized spacial score (nSPS) is 10.5. The van der Waals surface area contributed by atoms with Crippen molar-refractivity contribution in [2.24, 2.45) is 5.92 Å². The Kier molecular flexibility index (Phi) is 6.55. The topological polar surface area (TPSA) is 52.6 Å². The number of benzene rings is 2. The van der Waals surface area contributed by atoms with Crippen molar-refractivity contribution in [3.05, 3.63) is 65.2 Å². The van der Waals surface area contributed by atoms with Gasteiger partial charge in [0.15, 0.2) is 6.29 Å². The third-order valence-corrected chi connectivity index (χ3v) is 3.56. The molecule has 2 rings (SSSR count). The molecule has 0 amide bonds. The molecule has 0 spiro atoms. The lowest BCUT2D eigenvalue weighted by atomic mass is 10.1. The summed E-state index contributed by atoms with van der Waals surface area (Å²) in [6.45, 7) is 4.94. The van der Waals surface area contributed by atoms with Crippen LogP contribution in [0.1, 0.15) is 46.5 Å². The molecule has 0 heterocycles. The molecular weight excluding hydrogens is 304 g/mol. The van der Waals surface area contributed by atoms with Crippen molar-refractivity contribution in [3.63, 3.8) is 0 Å². The smallest absolute Gasteiger partial charge is 0.338 e. The van der Waals surface area contributed by atoms with Gasteiger partial charge in [0.2, 0.25) is 0 Å². The molecule has 0 aliphatic rings.